The zero-order valence-corrected chi connectivity index (χ0v) is 21.3. The Hall–Kier alpha value is -4.31. The van der Waals surface area contributed by atoms with Crippen molar-refractivity contribution in [3.8, 4) is 0 Å². The number of nitrogens with one attached hydrogen (secondary N) is 1. The molecule has 2 aromatic heterocycles. The van der Waals surface area contributed by atoms with E-state index in [1.165, 1.54) is 11.3 Å². The van der Waals surface area contributed by atoms with Crippen molar-refractivity contribution < 1.29 is 4.74 Å². The van der Waals surface area contributed by atoms with E-state index in [9.17, 15) is 0 Å². The average molecular weight is 510 g/mol. The van der Waals surface area contributed by atoms with Crippen LogP contribution in [0.1, 0.15) is 11.1 Å². The molecule has 0 saturated carbocycles. The van der Waals surface area contributed by atoms with Crippen LogP contribution in [-0.2, 0) is 11.2 Å². The van der Waals surface area contributed by atoms with Gasteiger partial charge < -0.3 is 24.8 Å². The zero-order chi connectivity index (χ0) is 25.6. The summed E-state index contributed by atoms with van der Waals surface area (Å²) in [4.78, 5) is 29.4. The van der Waals surface area contributed by atoms with E-state index in [1.807, 2.05) is 18.5 Å². The van der Waals surface area contributed by atoms with E-state index in [4.69, 9.17) is 4.74 Å². The Bertz CT molecular complexity index is 1300. The summed E-state index contributed by atoms with van der Waals surface area (Å²) < 4.78 is 5.45. The van der Waals surface area contributed by atoms with Crippen molar-refractivity contribution in [2.24, 2.45) is 0 Å². The van der Waals surface area contributed by atoms with Gasteiger partial charge in [-0.2, -0.15) is 4.98 Å². The molecule has 2 aliphatic rings. The normalized spacial score (nSPS) is 15.9. The predicted octanol–water partition coefficient (Wildman–Crippen LogP) is 3.16. The predicted molar refractivity (Wildman–Crippen MR) is 148 cm³/mol. The lowest BCUT2D eigenvalue weighted by molar-refractivity contribution is 0.122. The van der Waals surface area contributed by atoms with Gasteiger partial charge in [0.05, 0.1) is 13.2 Å². The monoisotopic (exact) mass is 509 g/mol. The van der Waals surface area contributed by atoms with E-state index >= 15 is 0 Å². The molecule has 0 aliphatic carbocycles. The molecule has 0 spiro atoms. The minimum Gasteiger partial charge on any atom is -0.378 e. The lowest BCUT2D eigenvalue weighted by Crippen LogP contribution is -2.47. The van der Waals surface area contributed by atoms with Crippen molar-refractivity contribution in [1.29, 1.82) is 0 Å². The smallest absolute Gasteiger partial charge is 0.231 e. The molecule has 2 fully saturated rings. The summed E-state index contributed by atoms with van der Waals surface area (Å²) in [5, 5.41) is 3.31. The van der Waals surface area contributed by atoms with Crippen LogP contribution in [0.2, 0.25) is 0 Å². The summed E-state index contributed by atoms with van der Waals surface area (Å²) >= 11 is 0. The van der Waals surface area contributed by atoms with E-state index in [0.717, 1.165) is 76.1 Å². The number of piperazine rings is 1. The number of rotatable bonds is 7. The van der Waals surface area contributed by atoms with Gasteiger partial charge in [-0.1, -0.05) is 30.3 Å². The topological polar surface area (TPSA) is 95.4 Å². The largest absolute Gasteiger partial charge is 0.378 e. The summed E-state index contributed by atoms with van der Waals surface area (Å²) in [6, 6.07) is 18.7. The highest BCUT2D eigenvalue weighted by Gasteiger charge is 2.21. The fourth-order valence-corrected chi connectivity index (χ4v) is 4.75. The first-order valence-corrected chi connectivity index (χ1v) is 13.0. The molecule has 0 radical (unpaired) electrons. The number of benzene rings is 2. The Morgan fingerprint density at radius 1 is 0.658 bits per heavy atom. The molecule has 1 N–H and O–H groups in total. The molecule has 6 rings (SSSR count). The van der Waals surface area contributed by atoms with Crippen LogP contribution in [0.3, 0.4) is 0 Å². The third kappa shape index (κ3) is 5.81. The molecule has 0 unspecified atom stereocenters. The second-order valence-electron chi connectivity index (χ2n) is 9.41. The van der Waals surface area contributed by atoms with Gasteiger partial charge >= 0.3 is 0 Å². The molecule has 0 amide bonds. The van der Waals surface area contributed by atoms with E-state index in [2.05, 4.69) is 93.5 Å². The Morgan fingerprint density at radius 3 is 2.05 bits per heavy atom. The number of hydrogen-bond donors (Lipinski definition) is 1. The third-order valence-electron chi connectivity index (χ3n) is 6.85. The number of ether oxygens (including phenoxy) is 1. The molecule has 10 nitrogen and oxygen atoms in total. The Labute approximate surface area is 222 Å². The van der Waals surface area contributed by atoms with Gasteiger partial charge in [0.25, 0.3) is 0 Å². The highest BCUT2D eigenvalue weighted by Crippen LogP contribution is 2.22. The lowest BCUT2D eigenvalue weighted by Gasteiger charge is -2.34. The average Bonchev–Trinajstić information content (AvgIpc) is 2.99. The van der Waals surface area contributed by atoms with Crippen LogP contribution in [0.5, 0.6) is 0 Å². The van der Waals surface area contributed by atoms with Crippen molar-refractivity contribution >= 4 is 29.2 Å². The summed E-state index contributed by atoms with van der Waals surface area (Å²) in [5.41, 5.74) is 4.51. The maximum Gasteiger partial charge on any atom is 0.231 e. The number of anilines is 5. The molecule has 4 aromatic rings. The molecule has 4 heterocycles. The highest BCUT2D eigenvalue weighted by atomic mass is 16.5. The standard InChI is InChI=1S/C28H31N9O/c1-2-4-22(5-3-1)18-23-19-29-27(30-20-23)36-10-12-37(13-11-36)28-32-21-31-26(34-28)33-24-6-8-25(9-7-24)35-14-16-38-17-15-35/h1-9,19-21H,10-18H2,(H,31,32,33,34). The molecule has 0 bridgehead atoms. The minimum atomic E-state index is 0.536. The first-order valence-electron chi connectivity index (χ1n) is 13.0. The van der Waals surface area contributed by atoms with Gasteiger partial charge in [-0.3, -0.25) is 0 Å². The number of aromatic nitrogens is 5. The molecule has 0 atom stereocenters. The van der Waals surface area contributed by atoms with Crippen LogP contribution in [0.25, 0.3) is 0 Å². The Balaban J connectivity index is 1.03. The van der Waals surface area contributed by atoms with Gasteiger partial charge in [0.15, 0.2) is 0 Å². The zero-order valence-electron chi connectivity index (χ0n) is 21.3. The van der Waals surface area contributed by atoms with Gasteiger partial charge in [-0.25, -0.2) is 19.9 Å². The van der Waals surface area contributed by atoms with E-state index < -0.39 is 0 Å². The third-order valence-corrected chi connectivity index (χ3v) is 6.85. The van der Waals surface area contributed by atoms with Crippen molar-refractivity contribution in [3.05, 3.63) is 84.4 Å². The Morgan fingerprint density at radius 2 is 1.34 bits per heavy atom. The van der Waals surface area contributed by atoms with E-state index in [1.54, 1.807) is 6.33 Å². The SMILES string of the molecule is c1ccc(Cc2cnc(N3CCN(c4ncnc(Nc5ccc(N6CCOCC6)cc5)n4)CC3)nc2)cc1. The van der Waals surface area contributed by atoms with Crippen molar-refractivity contribution in [1.82, 2.24) is 24.9 Å². The Kier molecular flexibility index (Phi) is 7.21. The fraction of sp³-hybridized carbons (Fsp3) is 0.321. The van der Waals surface area contributed by atoms with Gasteiger partial charge in [0, 0.05) is 69.5 Å². The molecular formula is C28H31N9O. The first kappa shape index (κ1) is 24.1. The number of morpholine rings is 1. The molecule has 38 heavy (non-hydrogen) atoms. The number of nitrogens with zero attached hydrogens (tertiary/aromatic N) is 8. The maximum absolute atomic E-state index is 5.45. The minimum absolute atomic E-state index is 0.536. The van der Waals surface area contributed by atoms with Crippen LogP contribution in [0.4, 0.5) is 29.2 Å². The van der Waals surface area contributed by atoms with Crippen molar-refractivity contribution in [2.75, 3.05) is 72.5 Å². The second kappa shape index (κ2) is 11.4. The second-order valence-corrected chi connectivity index (χ2v) is 9.41. The van der Waals surface area contributed by atoms with Crippen LogP contribution >= 0.6 is 0 Å². The molecule has 194 valence electrons. The number of hydrogen-bond acceptors (Lipinski definition) is 10. The van der Waals surface area contributed by atoms with Crippen LogP contribution in [-0.4, -0.2) is 77.4 Å². The van der Waals surface area contributed by atoms with Gasteiger partial charge in [0.1, 0.15) is 6.33 Å². The highest BCUT2D eigenvalue weighted by molar-refractivity contribution is 5.60. The maximum atomic E-state index is 5.45. The van der Waals surface area contributed by atoms with Crippen LogP contribution in [0, 0.1) is 0 Å². The van der Waals surface area contributed by atoms with Crippen LogP contribution in [0.15, 0.2) is 73.3 Å². The van der Waals surface area contributed by atoms with Gasteiger partial charge in [-0.15, -0.1) is 0 Å². The van der Waals surface area contributed by atoms with E-state index in [-0.39, 0.29) is 0 Å². The lowest BCUT2D eigenvalue weighted by atomic mass is 10.1. The fourth-order valence-electron chi connectivity index (χ4n) is 4.75. The van der Waals surface area contributed by atoms with E-state index in [0.29, 0.717) is 11.9 Å². The molecule has 2 aromatic carbocycles. The van der Waals surface area contributed by atoms with Gasteiger partial charge in [0.2, 0.25) is 17.8 Å². The molecular weight excluding hydrogens is 478 g/mol. The van der Waals surface area contributed by atoms with Crippen molar-refractivity contribution in [3.63, 3.8) is 0 Å². The summed E-state index contributed by atoms with van der Waals surface area (Å²) in [6.45, 7) is 6.56. The molecule has 2 saturated heterocycles. The summed E-state index contributed by atoms with van der Waals surface area (Å²) in [7, 11) is 0. The molecule has 2 aliphatic heterocycles. The summed E-state index contributed by atoms with van der Waals surface area (Å²) in [6.07, 6.45) is 6.26. The van der Waals surface area contributed by atoms with Crippen LogP contribution < -0.4 is 20.0 Å². The first-order chi connectivity index (χ1) is 18.8. The quantitative estimate of drug-likeness (QED) is 0.400. The molecule has 10 heteroatoms. The van der Waals surface area contributed by atoms with Crippen molar-refractivity contribution in [2.45, 2.75) is 6.42 Å². The summed E-state index contributed by atoms with van der Waals surface area (Å²) in [5.74, 6) is 1.97. The van der Waals surface area contributed by atoms with Gasteiger partial charge in [-0.05, 0) is 35.4 Å².